The van der Waals surface area contributed by atoms with E-state index in [4.69, 9.17) is 0 Å². The summed E-state index contributed by atoms with van der Waals surface area (Å²) in [6.07, 6.45) is 1.40. The van der Waals surface area contributed by atoms with E-state index in [1.807, 2.05) is 6.92 Å². The molecule has 7 heteroatoms. The normalized spacial score (nSPS) is 22.4. The molecule has 0 spiro atoms. The Kier molecular flexibility index (Phi) is 4.13. The maximum atomic E-state index is 12.1. The molecule has 1 heterocycles. The van der Waals surface area contributed by atoms with Crippen molar-refractivity contribution in [1.29, 1.82) is 0 Å². The highest BCUT2D eigenvalue weighted by molar-refractivity contribution is 7.17. The van der Waals surface area contributed by atoms with Crippen LogP contribution in [0.2, 0.25) is 0 Å². The molecule has 0 aromatic carbocycles. The van der Waals surface area contributed by atoms with Crippen LogP contribution in [-0.2, 0) is 0 Å². The zero-order valence-electron chi connectivity index (χ0n) is 10.6. The Morgan fingerprint density at radius 2 is 2.28 bits per heavy atom. The van der Waals surface area contributed by atoms with E-state index in [9.17, 15) is 9.90 Å². The highest BCUT2D eigenvalue weighted by atomic mass is 32.1. The summed E-state index contributed by atoms with van der Waals surface area (Å²) in [5.41, 5.74) is 0. The molecule has 100 valence electrons. The molecule has 0 saturated heterocycles. The second kappa shape index (κ2) is 5.62. The molecule has 6 nitrogen and oxygen atoms in total. The molecule has 2 rings (SSSR count). The fourth-order valence-corrected chi connectivity index (χ4v) is 2.82. The molecular formula is C11H18N4O2S. The van der Waals surface area contributed by atoms with Crippen molar-refractivity contribution in [2.24, 2.45) is 5.92 Å². The van der Waals surface area contributed by atoms with E-state index >= 15 is 0 Å². The van der Waals surface area contributed by atoms with Crippen molar-refractivity contribution in [3.8, 4) is 0 Å². The quantitative estimate of drug-likeness (QED) is 0.828. The monoisotopic (exact) mass is 270 g/mol. The Hall–Kier alpha value is -1.21. The van der Waals surface area contributed by atoms with E-state index in [1.165, 1.54) is 11.3 Å². The molecule has 1 aliphatic carbocycles. The van der Waals surface area contributed by atoms with Crippen molar-refractivity contribution >= 4 is 22.4 Å². The van der Waals surface area contributed by atoms with E-state index in [0.29, 0.717) is 22.6 Å². The fraction of sp³-hybridized carbons (Fsp3) is 0.727. The maximum absolute atomic E-state index is 12.1. The van der Waals surface area contributed by atoms with Gasteiger partial charge in [0, 0.05) is 20.1 Å². The van der Waals surface area contributed by atoms with Crippen LogP contribution in [0.1, 0.15) is 29.6 Å². The molecule has 1 aromatic heterocycles. The first-order valence-electron chi connectivity index (χ1n) is 6.11. The lowest BCUT2D eigenvalue weighted by Crippen LogP contribution is -2.39. The number of aromatic nitrogens is 2. The number of carbonyl (C=O) groups is 1. The minimum atomic E-state index is -0.180. The molecule has 1 saturated carbocycles. The molecule has 0 atom stereocenters. The van der Waals surface area contributed by atoms with Gasteiger partial charge < -0.3 is 15.3 Å². The van der Waals surface area contributed by atoms with E-state index in [1.54, 1.807) is 11.9 Å². The summed E-state index contributed by atoms with van der Waals surface area (Å²) < 4.78 is 0. The molecule has 0 unspecified atom stereocenters. The summed E-state index contributed by atoms with van der Waals surface area (Å²) in [6, 6.07) is 0. The Bertz CT molecular complexity index is 417. The van der Waals surface area contributed by atoms with Crippen LogP contribution in [0.15, 0.2) is 0 Å². The summed E-state index contributed by atoms with van der Waals surface area (Å²) in [7, 11) is 1.77. The first kappa shape index (κ1) is 13.2. The van der Waals surface area contributed by atoms with Crippen LogP contribution in [0.5, 0.6) is 0 Å². The number of rotatable bonds is 5. The van der Waals surface area contributed by atoms with Gasteiger partial charge in [0.1, 0.15) is 0 Å². The lowest BCUT2D eigenvalue weighted by molar-refractivity contribution is 0.0265. The van der Waals surface area contributed by atoms with Crippen LogP contribution in [-0.4, -0.2) is 52.4 Å². The summed E-state index contributed by atoms with van der Waals surface area (Å²) >= 11 is 1.27. The van der Waals surface area contributed by atoms with Gasteiger partial charge in [-0.1, -0.05) is 11.3 Å². The van der Waals surface area contributed by atoms with Crippen molar-refractivity contribution in [3.05, 3.63) is 5.01 Å². The zero-order valence-corrected chi connectivity index (χ0v) is 11.4. The minimum absolute atomic E-state index is 0.0990. The molecule has 18 heavy (non-hydrogen) atoms. The summed E-state index contributed by atoms with van der Waals surface area (Å²) in [5, 5.41) is 21.1. The van der Waals surface area contributed by atoms with Gasteiger partial charge in [0.05, 0.1) is 6.10 Å². The molecular weight excluding hydrogens is 252 g/mol. The third-order valence-corrected chi connectivity index (χ3v) is 3.89. The number of nitrogens with one attached hydrogen (secondary N) is 1. The van der Waals surface area contributed by atoms with Crippen LogP contribution < -0.4 is 5.32 Å². The lowest BCUT2D eigenvalue weighted by atomic mass is 9.82. The van der Waals surface area contributed by atoms with Crippen LogP contribution in [0.4, 0.5) is 5.13 Å². The number of carbonyl (C=O) groups excluding carboxylic acids is 1. The molecule has 1 amide bonds. The number of anilines is 1. The van der Waals surface area contributed by atoms with Crippen LogP contribution >= 0.6 is 11.3 Å². The van der Waals surface area contributed by atoms with Gasteiger partial charge in [-0.2, -0.15) is 0 Å². The van der Waals surface area contributed by atoms with Crippen LogP contribution in [0.3, 0.4) is 0 Å². The molecule has 1 fully saturated rings. The summed E-state index contributed by atoms with van der Waals surface area (Å²) in [4.78, 5) is 13.7. The van der Waals surface area contributed by atoms with Gasteiger partial charge in [0.25, 0.3) is 5.91 Å². The Labute approximate surface area is 110 Å². The number of hydrogen-bond acceptors (Lipinski definition) is 6. The third kappa shape index (κ3) is 2.97. The molecule has 0 aliphatic heterocycles. The molecule has 1 aromatic rings. The average Bonchev–Trinajstić information content (AvgIpc) is 2.75. The van der Waals surface area contributed by atoms with Gasteiger partial charge in [-0.25, -0.2) is 0 Å². The topological polar surface area (TPSA) is 78.4 Å². The molecule has 1 aliphatic rings. The van der Waals surface area contributed by atoms with Gasteiger partial charge in [-0.3, -0.25) is 4.79 Å². The Balaban J connectivity index is 1.88. The van der Waals surface area contributed by atoms with E-state index in [-0.39, 0.29) is 12.0 Å². The van der Waals surface area contributed by atoms with Crippen LogP contribution in [0, 0.1) is 5.92 Å². The smallest absolute Gasteiger partial charge is 0.284 e. The number of aliphatic hydroxyl groups excluding tert-OH is 1. The summed E-state index contributed by atoms with van der Waals surface area (Å²) in [6.45, 7) is 3.40. The van der Waals surface area contributed by atoms with Gasteiger partial charge in [-0.15, -0.1) is 10.2 Å². The average molecular weight is 270 g/mol. The second-order valence-corrected chi connectivity index (χ2v) is 5.60. The van der Waals surface area contributed by atoms with Crippen molar-refractivity contribution in [2.45, 2.75) is 25.9 Å². The van der Waals surface area contributed by atoms with Crippen molar-refractivity contribution in [1.82, 2.24) is 15.1 Å². The molecule has 2 N–H and O–H groups in total. The zero-order chi connectivity index (χ0) is 13.1. The van der Waals surface area contributed by atoms with Crippen molar-refractivity contribution in [3.63, 3.8) is 0 Å². The Morgan fingerprint density at radius 1 is 1.56 bits per heavy atom. The highest BCUT2D eigenvalue weighted by Crippen LogP contribution is 2.28. The second-order valence-electron chi connectivity index (χ2n) is 4.62. The fourth-order valence-electron chi connectivity index (χ4n) is 2.02. The van der Waals surface area contributed by atoms with Crippen LogP contribution in [0.25, 0.3) is 0 Å². The molecule has 0 radical (unpaired) electrons. The van der Waals surface area contributed by atoms with Crippen molar-refractivity contribution < 1.29 is 9.90 Å². The first-order chi connectivity index (χ1) is 8.60. The largest absolute Gasteiger partial charge is 0.393 e. The van der Waals surface area contributed by atoms with Gasteiger partial charge in [0.15, 0.2) is 0 Å². The third-order valence-electron chi connectivity index (χ3n) is 3.03. The standard InChI is InChI=1S/C11H18N4O2S/c1-3-12-11-14-13-9(18-11)10(17)15(2)6-7-4-8(16)5-7/h7-8,16H,3-6H2,1-2H3,(H,12,14). The SMILES string of the molecule is CCNc1nnc(C(=O)N(C)CC2CC(O)C2)s1. The predicted octanol–water partition coefficient (Wildman–Crippen LogP) is 0.813. The molecule has 0 bridgehead atoms. The van der Waals surface area contributed by atoms with E-state index < -0.39 is 0 Å². The number of amides is 1. The number of hydrogen-bond donors (Lipinski definition) is 2. The summed E-state index contributed by atoms with van der Waals surface area (Å²) in [5.74, 6) is 0.313. The number of nitrogens with zero attached hydrogens (tertiary/aromatic N) is 3. The Morgan fingerprint density at radius 3 is 2.89 bits per heavy atom. The number of aliphatic hydroxyl groups is 1. The van der Waals surface area contributed by atoms with Crippen molar-refractivity contribution in [2.75, 3.05) is 25.5 Å². The van der Waals surface area contributed by atoms with Gasteiger partial charge >= 0.3 is 0 Å². The van der Waals surface area contributed by atoms with Gasteiger partial charge in [0.2, 0.25) is 10.1 Å². The lowest BCUT2D eigenvalue weighted by Gasteiger charge is -2.34. The maximum Gasteiger partial charge on any atom is 0.284 e. The minimum Gasteiger partial charge on any atom is -0.393 e. The highest BCUT2D eigenvalue weighted by Gasteiger charge is 2.30. The van der Waals surface area contributed by atoms with E-state index in [2.05, 4.69) is 15.5 Å². The van der Waals surface area contributed by atoms with E-state index in [0.717, 1.165) is 19.4 Å². The predicted molar refractivity (Wildman–Crippen MR) is 69.8 cm³/mol. The first-order valence-corrected chi connectivity index (χ1v) is 6.92. The van der Waals surface area contributed by atoms with Gasteiger partial charge in [-0.05, 0) is 25.7 Å².